The number of anilines is 1. The third-order valence-electron chi connectivity index (χ3n) is 3.79. The van der Waals surface area contributed by atoms with Crippen molar-refractivity contribution in [3.63, 3.8) is 0 Å². The maximum absolute atomic E-state index is 4.30. The van der Waals surface area contributed by atoms with E-state index in [4.69, 9.17) is 0 Å². The van der Waals surface area contributed by atoms with E-state index < -0.39 is 0 Å². The SMILES string of the molecule is CN=C(NCc1ccc(N(C)C)cc1)NC(C)c1ccccc1.I. The van der Waals surface area contributed by atoms with Gasteiger partial charge in [0.15, 0.2) is 5.96 Å². The fourth-order valence-corrected chi connectivity index (χ4v) is 2.32. The number of benzene rings is 2. The lowest BCUT2D eigenvalue weighted by molar-refractivity contribution is 0.685. The fraction of sp³-hybridized carbons (Fsp3) is 0.316. The Morgan fingerprint density at radius 1 is 1.04 bits per heavy atom. The molecule has 0 aliphatic heterocycles. The molecule has 5 heteroatoms. The summed E-state index contributed by atoms with van der Waals surface area (Å²) in [6.45, 7) is 2.88. The number of halogens is 1. The molecule has 2 aromatic carbocycles. The summed E-state index contributed by atoms with van der Waals surface area (Å²) in [5, 5.41) is 6.77. The summed E-state index contributed by atoms with van der Waals surface area (Å²) in [5.41, 5.74) is 3.67. The predicted molar refractivity (Wildman–Crippen MR) is 114 cm³/mol. The molecule has 0 amide bonds. The van der Waals surface area contributed by atoms with Crippen molar-refractivity contribution < 1.29 is 0 Å². The summed E-state index contributed by atoms with van der Waals surface area (Å²) < 4.78 is 0. The predicted octanol–water partition coefficient (Wildman–Crippen LogP) is 3.80. The topological polar surface area (TPSA) is 39.7 Å². The number of aliphatic imine (C=N–C) groups is 1. The third kappa shape index (κ3) is 6.03. The molecule has 0 spiro atoms. The number of nitrogens with zero attached hydrogens (tertiary/aromatic N) is 2. The largest absolute Gasteiger partial charge is 0.378 e. The quantitative estimate of drug-likeness (QED) is 0.424. The van der Waals surface area contributed by atoms with Crippen LogP contribution in [0.25, 0.3) is 0 Å². The van der Waals surface area contributed by atoms with Crippen molar-refractivity contribution in [3.05, 3.63) is 65.7 Å². The lowest BCUT2D eigenvalue weighted by Gasteiger charge is -2.18. The first-order chi connectivity index (χ1) is 11.1. The Kier molecular flexibility index (Phi) is 8.60. The van der Waals surface area contributed by atoms with Gasteiger partial charge in [-0.15, -0.1) is 24.0 Å². The van der Waals surface area contributed by atoms with E-state index in [9.17, 15) is 0 Å². The average molecular weight is 438 g/mol. The van der Waals surface area contributed by atoms with E-state index in [0.717, 1.165) is 12.5 Å². The minimum atomic E-state index is 0. The van der Waals surface area contributed by atoms with Crippen molar-refractivity contribution in [2.75, 3.05) is 26.0 Å². The number of rotatable bonds is 5. The summed E-state index contributed by atoms with van der Waals surface area (Å²) in [7, 11) is 5.89. The van der Waals surface area contributed by atoms with Crippen LogP contribution in [0.1, 0.15) is 24.1 Å². The van der Waals surface area contributed by atoms with Crippen molar-refractivity contribution in [2.24, 2.45) is 4.99 Å². The van der Waals surface area contributed by atoms with Crippen molar-refractivity contribution in [1.82, 2.24) is 10.6 Å². The van der Waals surface area contributed by atoms with Crippen LogP contribution in [0.15, 0.2) is 59.6 Å². The number of hydrogen-bond donors (Lipinski definition) is 2. The Bertz CT molecular complexity index is 624. The highest BCUT2D eigenvalue weighted by molar-refractivity contribution is 14.0. The molecule has 0 saturated heterocycles. The Balaban J connectivity index is 0.00000288. The van der Waals surface area contributed by atoms with Crippen molar-refractivity contribution in [1.29, 1.82) is 0 Å². The molecular weight excluding hydrogens is 411 g/mol. The van der Waals surface area contributed by atoms with Crippen LogP contribution in [0.3, 0.4) is 0 Å². The molecular formula is C19H27IN4. The Morgan fingerprint density at radius 3 is 2.21 bits per heavy atom. The summed E-state index contributed by atoms with van der Waals surface area (Å²) >= 11 is 0. The van der Waals surface area contributed by atoms with E-state index in [2.05, 4.69) is 76.0 Å². The standard InChI is InChI=1S/C19H26N4.HI/c1-15(17-8-6-5-7-9-17)22-19(20-2)21-14-16-10-12-18(13-11-16)23(3)4;/h5-13,15H,14H2,1-4H3,(H2,20,21,22);1H. The number of hydrogen-bond acceptors (Lipinski definition) is 2. The average Bonchev–Trinajstić information content (AvgIpc) is 2.59. The highest BCUT2D eigenvalue weighted by atomic mass is 127. The molecule has 0 aliphatic rings. The normalized spacial score (nSPS) is 12.1. The zero-order chi connectivity index (χ0) is 16.7. The van der Waals surface area contributed by atoms with Gasteiger partial charge >= 0.3 is 0 Å². The maximum Gasteiger partial charge on any atom is 0.191 e. The van der Waals surface area contributed by atoms with E-state index in [1.165, 1.54) is 16.8 Å². The van der Waals surface area contributed by atoms with E-state index in [0.29, 0.717) is 0 Å². The molecule has 2 rings (SSSR count). The van der Waals surface area contributed by atoms with E-state index in [1.54, 1.807) is 7.05 Å². The molecule has 4 nitrogen and oxygen atoms in total. The van der Waals surface area contributed by atoms with Gasteiger partial charge in [0.25, 0.3) is 0 Å². The van der Waals surface area contributed by atoms with E-state index >= 15 is 0 Å². The molecule has 0 heterocycles. The van der Waals surface area contributed by atoms with Crippen molar-refractivity contribution >= 4 is 35.6 Å². The van der Waals surface area contributed by atoms with Gasteiger partial charge in [-0.05, 0) is 30.2 Å². The van der Waals surface area contributed by atoms with E-state index in [1.807, 2.05) is 20.2 Å². The molecule has 0 radical (unpaired) electrons. The van der Waals surface area contributed by atoms with E-state index in [-0.39, 0.29) is 30.0 Å². The first-order valence-electron chi connectivity index (χ1n) is 7.88. The van der Waals surface area contributed by atoms with Crippen LogP contribution in [0.4, 0.5) is 5.69 Å². The monoisotopic (exact) mass is 438 g/mol. The first kappa shape index (κ1) is 20.3. The van der Waals surface area contributed by atoms with Crippen LogP contribution in [-0.4, -0.2) is 27.1 Å². The minimum Gasteiger partial charge on any atom is -0.378 e. The van der Waals surface area contributed by atoms with Gasteiger partial charge in [0.05, 0.1) is 6.04 Å². The van der Waals surface area contributed by atoms with Crippen LogP contribution in [-0.2, 0) is 6.54 Å². The van der Waals surface area contributed by atoms with Gasteiger partial charge < -0.3 is 15.5 Å². The zero-order valence-corrected chi connectivity index (χ0v) is 17.1. The smallest absolute Gasteiger partial charge is 0.191 e. The van der Waals surface area contributed by atoms with Crippen LogP contribution in [0, 0.1) is 0 Å². The Hall–Kier alpha value is -1.76. The first-order valence-corrected chi connectivity index (χ1v) is 7.88. The van der Waals surface area contributed by atoms with Crippen LogP contribution >= 0.6 is 24.0 Å². The number of guanidine groups is 1. The molecule has 0 bridgehead atoms. The molecule has 0 saturated carbocycles. The molecule has 0 aliphatic carbocycles. The minimum absolute atomic E-state index is 0. The Morgan fingerprint density at radius 2 is 1.67 bits per heavy atom. The highest BCUT2D eigenvalue weighted by Crippen LogP contribution is 2.13. The van der Waals surface area contributed by atoms with Gasteiger partial charge in [-0.2, -0.15) is 0 Å². The molecule has 1 unspecified atom stereocenters. The molecule has 1 atom stereocenters. The van der Waals surface area contributed by atoms with Gasteiger partial charge in [-0.1, -0.05) is 42.5 Å². The number of nitrogens with one attached hydrogen (secondary N) is 2. The third-order valence-corrected chi connectivity index (χ3v) is 3.79. The molecule has 2 N–H and O–H groups in total. The van der Waals surface area contributed by atoms with Crippen LogP contribution in [0.2, 0.25) is 0 Å². The van der Waals surface area contributed by atoms with Gasteiger partial charge in [0.1, 0.15) is 0 Å². The summed E-state index contributed by atoms with van der Waals surface area (Å²) in [5.74, 6) is 0.804. The second-order valence-corrected chi connectivity index (χ2v) is 5.76. The van der Waals surface area contributed by atoms with Gasteiger partial charge in [0.2, 0.25) is 0 Å². The molecule has 0 aromatic heterocycles. The van der Waals surface area contributed by atoms with Gasteiger partial charge in [-0.25, -0.2) is 0 Å². The second kappa shape index (κ2) is 10.2. The Labute approximate surface area is 162 Å². The van der Waals surface area contributed by atoms with Crippen molar-refractivity contribution in [3.8, 4) is 0 Å². The highest BCUT2D eigenvalue weighted by Gasteiger charge is 2.07. The van der Waals surface area contributed by atoms with Crippen LogP contribution < -0.4 is 15.5 Å². The zero-order valence-electron chi connectivity index (χ0n) is 14.8. The summed E-state index contributed by atoms with van der Waals surface area (Å²) in [4.78, 5) is 6.40. The molecule has 24 heavy (non-hydrogen) atoms. The summed E-state index contributed by atoms with van der Waals surface area (Å²) in [6.07, 6.45) is 0. The molecule has 130 valence electrons. The maximum atomic E-state index is 4.30. The summed E-state index contributed by atoms with van der Waals surface area (Å²) in [6, 6.07) is 19.1. The van der Waals surface area contributed by atoms with Gasteiger partial charge in [0, 0.05) is 33.4 Å². The molecule has 0 fully saturated rings. The second-order valence-electron chi connectivity index (χ2n) is 5.76. The lowest BCUT2D eigenvalue weighted by atomic mass is 10.1. The molecule has 2 aromatic rings. The fourth-order valence-electron chi connectivity index (χ4n) is 2.32. The van der Waals surface area contributed by atoms with Crippen LogP contribution in [0.5, 0.6) is 0 Å². The van der Waals surface area contributed by atoms with Crippen molar-refractivity contribution in [2.45, 2.75) is 19.5 Å². The lowest BCUT2D eigenvalue weighted by Crippen LogP contribution is -2.38. The van der Waals surface area contributed by atoms with Gasteiger partial charge in [-0.3, -0.25) is 4.99 Å².